The number of hydrogen-bond donors (Lipinski definition) is 1. The maximum Gasteiger partial charge on any atom is 0.416 e. The van der Waals surface area contributed by atoms with E-state index in [4.69, 9.17) is 11.6 Å². The predicted octanol–water partition coefficient (Wildman–Crippen LogP) is 4.81. The van der Waals surface area contributed by atoms with Gasteiger partial charge in [0.1, 0.15) is 0 Å². The van der Waals surface area contributed by atoms with E-state index in [0.717, 1.165) is 12.1 Å². The summed E-state index contributed by atoms with van der Waals surface area (Å²) in [6.45, 7) is 1.71. The molecule has 1 N–H and O–H groups in total. The SMILES string of the molecule is CC1(Cc2cccc(C(F)(F)F)c2)C(=O)Nc2c(Cl)cccc21. The first-order valence-electron chi connectivity index (χ1n) is 6.98. The largest absolute Gasteiger partial charge is 0.416 e. The summed E-state index contributed by atoms with van der Waals surface area (Å²) < 4.78 is 38.5. The molecule has 0 fully saturated rings. The highest BCUT2D eigenvalue weighted by Gasteiger charge is 2.43. The average molecular weight is 340 g/mol. The summed E-state index contributed by atoms with van der Waals surface area (Å²) >= 11 is 6.09. The van der Waals surface area contributed by atoms with Gasteiger partial charge in [-0.25, -0.2) is 0 Å². The maximum atomic E-state index is 12.8. The van der Waals surface area contributed by atoms with Crippen LogP contribution < -0.4 is 5.32 Å². The Hall–Kier alpha value is -2.01. The van der Waals surface area contributed by atoms with Crippen molar-refractivity contribution in [1.82, 2.24) is 0 Å². The van der Waals surface area contributed by atoms with Crippen LogP contribution in [0.2, 0.25) is 5.02 Å². The zero-order chi connectivity index (χ0) is 16.8. The second kappa shape index (κ2) is 5.27. The molecule has 0 bridgehead atoms. The molecule has 2 aromatic carbocycles. The van der Waals surface area contributed by atoms with E-state index in [1.54, 1.807) is 31.2 Å². The Morgan fingerprint density at radius 3 is 2.57 bits per heavy atom. The van der Waals surface area contributed by atoms with Gasteiger partial charge in [0.2, 0.25) is 5.91 Å². The fourth-order valence-electron chi connectivity index (χ4n) is 2.93. The number of benzene rings is 2. The summed E-state index contributed by atoms with van der Waals surface area (Å²) in [7, 11) is 0. The monoisotopic (exact) mass is 339 g/mol. The van der Waals surface area contributed by atoms with Gasteiger partial charge in [0.25, 0.3) is 0 Å². The maximum absolute atomic E-state index is 12.8. The molecule has 1 aliphatic heterocycles. The number of hydrogen-bond acceptors (Lipinski definition) is 1. The van der Waals surface area contributed by atoms with Crippen LogP contribution in [-0.4, -0.2) is 5.91 Å². The summed E-state index contributed by atoms with van der Waals surface area (Å²) in [4.78, 5) is 12.4. The van der Waals surface area contributed by atoms with E-state index in [1.807, 2.05) is 0 Å². The number of halogens is 4. The molecule has 120 valence electrons. The van der Waals surface area contributed by atoms with Crippen LogP contribution in [0.4, 0.5) is 18.9 Å². The van der Waals surface area contributed by atoms with Crippen molar-refractivity contribution in [2.24, 2.45) is 0 Å². The van der Waals surface area contributed by atoms with Crippen molar-refractivity contribution in [3.05, 3.63) is 64.2 Å². The van der Waals surface area contributed by atoms with Gasteiger partial charge in [-0.1, -0.05) is 41.9 Å². The Morgan fingerprint density at radius 1 is 1.17 bits per heavy atom. The van der Waals surface area contributed by atoms with Crippen molar-refractivity contribution in [3.63, 3.8) is 0 Å². The van der Waals surface area contributed by atoms with Gasteiger partial charge < -0.3 is 5.32 Å². The minimum absolute atomic E-state index is 0.163. The Kier molecular flexibility index (Phi) is 3.64. The first-order chi connectivity index (χ1) is 10.7. The van der Waals surface area contributed by atoms with E-state index < -0.39 is 17.2 Å². The van der Waals surface area contributed by atoms with E-state index >= 15 is 0 Å². The van der Waals surface area contributed by atoms with Gasteiger partial charge in [0.15, 0.2) is 0 Å². The van der Waals surface area contributed by atoms with E-state index in [2.05, 4.69) is 5.32 Å². The lowest BCUT2D eigenvalue weighted by Crippen LogP contribution is -2.33. The van der Waals surface area contributed by atoms with E-state index in [0.29, 0.717) is 21.8 Å². The zero-order valence-corrected chi connectivity index (χ0v) is 12.9. The molecule has 2 nitrogen and oxygen atoms in total. The number of amides is 1. The lowest BCUT2D eigenvalue weighted by Gasteiger charge is -2.23. The Bertz CT molecular complexity index is 788. The minimum atomic E-state index is -4.41. The second-order valence-corrected chi connectivity index (χ2v) is 6.23. The molecule has 0 radical (unpaired) electrons. The van der Waals surface area contributed by atoms with Gasteiger partial charge in [0.05, 0.1) is 21.7 Å². The summed E-state index contributed by atoms with van der Waals surface area (Å²) in [5.74, 6) is -0.266. The molecule has 1 atom stereocenters. The van der Waals surface area contributed by atoms with E-state index in [1.165, 1.54) is 6.07 Å². The van der Waals surface area contributed by atoms with Crippen molar-refractivity contribution in [2.45, 2.75) is 24.9 Å². The van der Waals surface area contributed by atoms with Crippen LogP contribution >= 0.6 is 11.6 Å². The number of para-hydroxylation sites is 1. The molecule has 3 rings (SSSR count). The van der Waals surface area contributed by atoms with Gasteiger partial charge >= 0.3 is 6.18 Å². The first-order valence-corrected chi connectivity index (χ1v) is 7.36. The van der Waals surface area contributed by atoms with Crippen LogP contribution in [-0.2, 0) is 22.8 Å². The fourth-order valence-corrected chi connectivity index (χ4v) is 3.15. The molecule has 0 saturated heterocycles. The van der Waals surface area contributed by atoms with Crippen LogP contribution in [0.5, 0.6) is 0 Å². The number of nitrogens with one attached hydrogen (secondary N) is 1. The van der Waals surface area contributed by atoms with Crippen molar-refractivity contribution in [3.8, 4) is 0 Å². The van der Waals surface area contributed by atoms with Crippen LogP contribution in [0.1, 0.15) is 23.6 Å². The summed E-state index contributed by atoms with van der Waals surface area (Å²) in [6, 6.07) is 10.2. The van der Waals surface area contributed by atoms with Gasteiger partial charge in [-0.05, 0) is 36.6 Å². The molecule has 0 saturated carbocycles. The molecule has 0 aromatic heterocycles. The smallest absolute Gasteiger partial charge is 0.324 e. The van der Waals surface area contributed by atoms with E-state index in [-0.39, 0.29) is 12.3 Å². The zero-order valence-electron chi connectivity index (χ0n) is 12.2. The van der Waals surface area contributed by atoms with Crippen LogP contribution in [0.25, 0.3) is 0 Å². The molecule has 23 heavy (non-hydrogen) atoms. The average Bonchev–Trinajstić information content (AvgIpc) is 2.72. The molecule has 1 aliphatic rings. The first kappa shape index (κ1) is 15.9. The summed E-state index contributed by atoms with van der Waals surface area (Å²) in [5, 5.41) is 3.15. The molecular formula is C17H13ClF3NO. The quantitative estimate of drug-likeness (QED) is 0.835. The standard InChI is InChI=1S/C17H13ClF3NO/c1-16(9-10-4-2-5-11(8-10)17(19,20)21)12-6-3-7-13(18)14(12)22-15(16)23/h2-8H,9H2,1H3,(H,22,23). The Balaban J connectivity index is 2.01. The third kappa shape index (κ3) is 2.70. The summed E-state index contributed by atoms with van der Waals surface area (Å²) in [6.07, 6.45) is -4.24. The molecule has 0 spiro atoms. The highest BCUT2D eigenvalue weighted by Crippen LogP contribution is 2.43. The van der Waals surface area contributed by atoms with Gasteiger partial charge in [-0.2, -0.15) is 13.2 Å². The van der Waals surface area contributed by atoms with Gasteiger partial charge in [0, 0.05) is 0 Å². The molecule has 1 amide bonds. The highest BCUT2D eigenvalue weighted by molar-refractivity contribution is 6.34. The number of carbonyl (C=O) groups excluding carboxylic acids is 1. The van der Waals surface area contributed by atoms with Crippen molar-refractivity contribution in [2.75, 3.05) is 5.32 Å². The molecular weight excluding hydrogens is 327 g/mol. The van der Waals surface area contributed by atoms with Crippen LogP contribution in [0.15, 0.2) is 42.5 Å². The normalized spacial score (nSPS) is 20.3. The van der Waals surface area contributed by atoms with Gasteiger partial charge in [-0.15, -0.1) is 0 Å². The van der Waals surface area contributed by atoms with Crippen molar-refractivity contribution in [1.29, 1.82) is 0 Å². The van der Waals surface area contributed by atoms with Crippen molar-refractivity contribution < 1.29 is 18.0 Å². The lowest BCUT2D eigenvalue weighted by molar-refractivity contribution is -0.137. The highest BCUT2D eigenvalue weighted by atomic mass is 35.5. The van der Waals surface area contributed by atoms with Crippen molar-refractivity contribution >= 4 is 23.2 Å². The number of fused-ring (bicyclic) bond motifs is 1. The van der Waals surface area contributed by atoms with Crippen LogP contribution in [0, 0.1) is 0 Å². The fraction of sp³-hybridized carbons (Fsp3) is 0.235. The minimum Gasteiger partial charge on any atom is -0.324 e. The summed E-state index contributed by atoms with van der Waals surface area (Å²) in [5.41, 5.74) is 0.0134. The number of carbonyl (C=O) groups is 1. The predicted molar refractivity (Wildman–Crippen MR) is 82.6 cm³/mol. The second-order valence-electron chi connectivity index (χ2n) is 5.82. The molecule has 1 unspecified atom stereocenters. The van der Waals surface area contributed by atoms with E-state index in [9.17, 15) is 18.0 Å². The topological polar surface area (TPSA) is 29.1 Å². The molecule has 1 heterocycles. The molecule has 6 heteroatoms. The number of alkyl halides is 3. The third-order valence-corrected chi connectivity index (χ3v) is 4.47. The Morgan fingerprint density at radius 2 is 1.87 bits per heavy atom. The molecule has 0 aliphatic carbocycles. The van der Waals surface area contributed by atoms with Crippen LogP contribution in [0.3, 0.4) is 0 Å². The lowest BCUT2D eigenvalue weighted by atomic mass is 9.78. The third-order valence-electron chi connectivity index (χ3n) is 4.16. The number of anilines is 1. The molecule has 2 aromatic rings. The van der Waals surface area contributed by atoms with Gasteiger partial charge in [-0.3, -0.25) is 4.79 Å². The Labute approximate surface area is 136 Å². The number of rotatable bonds is 2.